The zero-order chi connectivity index (χ0) is 14.5. The Kier molecular flexibility index (Phi) is 4.97. The highest BCUT2D eigenvalue weighted by atomic mass is 16.4. The van der Waals surface area contributed by atoms with E-state index in [1.165, 1.54) is 6.20 Å². The van der Waals surface area contributed by atoms with Crippen LogP contribution in [-0.4, -0.2) is 79.0 Å². The fourth-order valence-corrected chi connectivity index (χ4v) is 2.28. The van der Waals surface area contributed by atoms with E-state index in [0.29, 0.717) is 6.54 Å². The molecule has 1 aromatic heterocycles. The van der Waals surface area contributed by atoms with E-state index < -0.39 is 5.76 Å². The molecule has 7 heteroatoms. The van der Waals surface area contributed by atoms with Crippen LogP contribution in [0.15, 0.2) is 15.4 Å². The topological polar surface area (TPSA) is 72.8 Å². The van der Waals surface area contributed by atoms with Crippen LogP contribution in [0.25, 0.3) is 0 Å². The van der Waals surface area contributed by atoms with Gasteiger partial charge in [-0.25, -0.2) is 4.79 Å². The molecule has 0 spiro atoms. The lowest BCUT2D eigenvalue weighted by Crippen LogP contribution is -2.45. The quantitative estimate of drug-likeness (QED) is 0.801. The number of H-pyrrole nitrogens is 1. The molecule has 1 aliphatic heterocycles. The molecule has 0 atom stereocenters. The SMILES string of the molecule is CN1CCN(CCCN(C)C(=O)c2c[nH]c(=O)o2)CC1. The first kappa shape index (κ1) is 14.8. The number of oxazole rings is 1. The maximum absolute atomic E-state index is 11.9. The summed E-state index contributed by atoms with van der Waals surface area (Å²) in [5.74, 6) is -0.794. The number of hydrogen-bond acceptors (Lipinski definition) is 5. The minimum Gasteiger partial charge on any atom is -0.403 e. The number of piperazine rings is 1. The Morgan fingerprint density at radius 2 is 2.10 bits per heavy atom. The molecule has 1 aromatic rings. The third kappa shape index (κ3) is 3.94. The van der Waals surface area contributed by atoms with Crippen molar-refractivity contribution in [3.8, 4) is 0 Å². The minimum atomic E-state index is -0.598. The first-order chi connectivity index (χ1) is 9.56. The van der Waals surface area contributed by atoms with Gasteiger partial charge in [-0.3, -0.25) is 9.78 Å². The maximum atomic E-state index is 11.9. The summed E-state index contributed by atoms with van der Waals surface area (Å²) in [7, 11) is 3.85. The van der Waals surface area contributed by atoms with Crippen molar-refractivity contribution >= 4 is 5.91 Å². The number of hydrogen-bond donors (Lipinski definition) is 1. The number of aromatic nitrogens is 1. The molecule has 7 nitrogen and oxygen atoms in total. The molecule has 0 radical (unpaired) electrons. The van der Waals surface area contributed by atoms with Gasteiger partial charge in [-0.15, -0.1) is 0 Å². The molecular formula is C13H22N4O3. The van der Waals surface area contributed by atoms with E-state index in [-0.39, 0.29) is 11.7 Å². The third-order valence-electron chi connectivity index (χ3n) is 3.65. The summed E-state index contributed by atoms with van der Waals surface area (Å²) in [6.07, 6.45) is 2.22. The molecule has 0 unspecified atom stereocenters. The van der Waals surface area contributed by atoms with Crippen LogP contribution < -0.4 is 5.76 Å². The van der Waals surface area contributed by atoms with Gasteiger partial charge >= 0.3 is 5.76 Å². The van der Waals surface area contributed by atoms with Crippen LogP contribution in [0.4, 0.5) is 0 Å². The van der Waals surface area contributed by atoms with E-state index in [4.69, 9.17) is 4.42 Å². The molecule has 1 N–H and O–H groups in total. The van der Waals surface area contributed by atoms with Gasteiger partial charge in [0.25, 0.3) is 5.91 Å². The van der Waals surface area contributed by atoms with E-state index in [2.05, 4.69) is 21.8 Å². The molecule has 1 saturated heterocycles. The Hall–Kier alpha value is -1.60. The smallest absolute Gasteiger partial charge is 0.403 e. The molecule has 2 heterocycles. The van der Waals surface area contributed by atoms with Crippen molar-refractivity contribution in [3.05, 3.63) is 22.5 Å². The standard InChI is InChI=1S/C13H22N4O3/c1-15-6-8-17(9-7-15)5-3-4-16(2)12(18)11-10-14-13(19)20-11/h10H,3-9H2,1-2H3,(H,14,19). The minimum absolute atomic E-state index is 0.0668. The Morgan fingerprint density at radius 3 is 2.70 bits per heavy atom. The molecule has 0 saturated carbocycles. The number of nitrogens with zero attached hydrogens (tertiary/aromatic N) is 3. The van der Waals surface area contributed by atoms with Crippen molar-refractivity contribution in [2.24, 2.45) is 0 Å². The summed E-state index contributed by atoms with van der Waals surface area (Å²) in [6, 6.07) is 0. The van der Waals surface area contributed by atoms with Crippen molar-refractivity contribution in [1.29, 1.82) is 0 Å². The first-order valence-corrected chi connectivity index (χ1v) is 6.91. The predicted octanol–water partition coefficient (Wildman–Crippen LogP) is -0.323. The van der Waals surface area contributed by atoms with Gasteiger partial charge in [0, 0.05) is 39.8 Å². The highest BCUT2D eigenvalue weighted by Gasteiger charge is 2.17. The van der Waals surface area contributed by atoms with Crippen LogP contribution in [0.1, 0.15) is 17.0 Å². The van der Waals surface area contributed by atoms with Gasteiger partial charge in [0.1, 0.15) is 0 Å². The molecule has 1 fully saturated rings. The van der Waals surface area contributed by atoms with Gasteiger partial charge in [-0.05, 0) is 20.0 Å². The average Bonchev–Trinajstić information content (AvgIpc) is 2.86. The Balaban J connectivity index is 1.71. The van der Waals surface area contributed by atoms with Crippen LogP contribution >= 0.6 is 0 Å². The van der Waals surface area contributed by atoms with Crippen molar-refractivity contribution in [2.75, 3.05) is 53.4 Å². The van der Waals surface area contributed by atoms with E-state index in [1.54, 1.807) is 11.9 Å². The Morgan fingerprint density at radius 1 is 1.40 bits per heavy atom. The number of likely N-dealkylation sites (N-methyl/N-ethyl adjacent to an activating group) is 1. The van der Waals surface area contributed by atoms with Crippen molar-refractivity contribution in [2.45, 2.75) is 6.42 Å². The van der Waals surface area contributed by atoms with Crippen LogP contribution in [0.5, 0.6) is 0 Å². The first-order valence-electron chi connectivity index (χ1n) is 6.91. The van der Waals surface area contributed by atoms with Gasteiger partial charge in [-0.2, -0.15) is 0 Å². The number of aromatic amines is 1. The molecule has 2 rings (SSSR count). The number of amides is 1. The Labute approximate surface area is 118 Å². The molecule has 20 heavy (non-hydrogen) atoms. The number of rotatable bonds is 5. The van der Waals surface area contributed by atoms with E-state index in [9.17, 15) is 9.59 Å². The molecule has 0 aromatic carbocycles. The second-order valence-electron chi connectivity index (χ2n) is 5.27. The van der Waals surface area contributed by atoms with Crippen molar-refractivity contribution < 1.29 is 9.21 Å². The molecule has 1 amide bonds. The van der Waals surface area contributed by atoms with Crippen LogP contribution in [0, 0.1) is 0 Å². The zero-order valence-corrected chi connectivity index (χ0v) is 12.1. The van der Waals surface area contributed by atoms with E-state index in [0.717, 1.165) is 39.1 Å². The van der Waals surface area contributed by atoms with Crippen LogP contribution in [-0.2, 0) is 0 Å². The lowest BCUT2D eigenvalue weighted by atomic mass is 10.3. The van der Waals surface area contributed by atoms with Gasteiger partial charge in [0.15, 0.2) is 0 Å². The lowest BCUT2D eigenvalue weighted by Gasteiger charge is -2.32. The fourth-order valence-electron chi connectivity index (χ4n) is 2.28. The fraction of sp³-hybridized carbons (Fsp3) is 0.692. The number of carbonyl (C=O) groups is 1. The maximum Gasteiger partial charge on any atom is 0.416 e. The normalized spacial score (nSPS) is 17.3. The van der Waals surface area contributed by atoms with Gasteiger partial charge < -0.3 is 19.1 Å². The van der Waals surface area contributed by atoms with Gasteiger partial charge in [-0.1, -0.05) is 0 Å². The predicted molar refractivity (Wildman–Crippen MR) is 74.8 cm³/mol. The van der Waals surface area contributed by atoms with Gasteiger partial charge in [0.2, 0.25) is 5.76 Å². The Bertz CT molecular complexity index is 488. The molecule has 0 aliphatic carbocycles. The van der Waals surface area contributed by atoms with Crippen LogP contribution in [0.3, 0.4) is 0 Å². The average molecular weight is 282 g/mol. The lowest BCUT2D eigenvalue weighted by molar-refractivity contribution is 0.0750. The summed E-state index contributed by atoms with van der Waals surface area (Å²) in [5, 5.41) is 0. The highest BCUT2D eigenvalue weighted by Crippen LogP contribution is 2.03. The zero-order valence-electron chi connectivity index (χ0n) is 12.1. The summed E-state index contributed by atoms with van der Waals surface area (Å²) >= 11 is 0. The largest absolute Gasteiger partial charge is 0.416 e. The number of carbonyl (C=O) groups excluding carboxylic acids is 1. The second kappa shape index (κ2) is 6.71. The molecule has 0 bridgehead atoms. The van der Waals surface area contributed by atoms with Crippen LogP contribution in [0.2, 0.25) is 0 Å². The monoisotopic (exact) mass is 282 g/mol. The molecular weight excluding hydrogens is 260 g/mol. The number of nitrogens with one attached hydrogen (secondary N) is 1. The van der Waals surface area contributed by atoms with Crippen molar-refractivity contribution in [1.82, 2.24) is 19.7 Å². The molecule has 1 aliphatic rings. The second-order valence-corrected chi connectivity index (χ2v) is 5.27. The summed E-state index contributed by atoms with van der Waals surface area (Å²) in [4.78, 5) is 31.4. The summed E-state index contributed by atoms with van der Waals surface area (Å²) in [5.41, 5.74) is 0. The van der Waals surface area contributed by atoms with E-state index in [1.807, 2.05) is 0 Å². The highest BCUT2D eigenvalue weighted by molar-refractivity contribution is 5.90. The summed E-state index contributed by atoms with van der Waals surface area (Å²) < 4.78 is 4.76. The van der Waals surface area contributed by atoms with Gasteiger partial charge in [0.05, 0.1) is 6.20 Å². The van der Waals surface area contributed by atoms with E-state index >= 15 is 0 Å². The molecule has 112 valence electrons. The summed E-state index contributed by atoms with van der Waals surface area (Å²) in [6.45, 7) is 6.01. The third-order valence-corrected chi connectivity index (χ3v) is 3.65. The van der Waals surface area contributed by atoms with Crippen molar-refractivity contribution in [3.63, 3.8) is 0 Å².